The fraction of sp³-hybridized carbons (Fsp3) is 0.115. The standard InChI is InChI=1S/C16H13N3O4.C10H8N2.Ru/c1-10-4-6-17-12(8-10)13-9-11(5-7-18-13)16(22)23-19-14(20)2-3-15(19)21;1-3-7-11-9(5-1)10-6-2-4-8-12-10;/h4-9H,2-3H2,1H3;1-8H;. The van der Waals surface area contributed by atoms with E-state index in [4.69, 9.17) is 4.84 Å². The van der Waals surface area contributed by atoms with E-state index in [0.29, 0.717) is 16.5 Å². The number of amides is 2. The number of nitrogens with zero attached hydrogens (tertiary/aromatic N) is 5. The Morgan fingerprint density at radius 2 is 1.25 bits per heavy atom. The number of rotatable bonds is 4. The van der Waals surface area contributed by atoms with Crippen molar-refractivity contribution >= 4 is 17.8 Å². The SMILES string of the molecule is Cc1ccnc(-c2cc(C(=O)ON3C(=O)CCC3=O)ccn2)c1.[Ru].c1ccc(-c2ccccn2)nc1. The summed E-state index contributed by atoms with van der Waals surface area (Å²) in [4.78, 5) is 56.7. The van der Waals surface area contributed by atoms with Crippen molar-refractivity contribution < 1.29 is 38.7 Å². The molecule has 182 valence electrons. The van der Waals surface area contributed by atoms with Gasteiger partial charge in [0, 0.05) is 57.1 Å². The Hall–Kier alpha value is -4.17. The first-order valence-corrected chi connectivity index (χ1v) is 10.8. The largest absolute Gasteiger partial charge is 0.364 e. The smallest absolute Gasteiger partial charge is 0.325 e. The first-order valence-electron chi connectivity index (χ1n) is 10.8. The predicted octanol–water partition coefficient (Wildman–Crippen LogP) is 3.81. The first-order chi connectivity index (χ1) is 17.0. The van der Waals surface area contributed by atoms with Gasteiger partial charge in [-0.1, -0.05) is 12.1 Å². The van der Waals surface area contributed by atoms with Crippen molar-refractivity contribution in [2.45, 2.75) is 19.8 Å². The Morgan fingerprint density at radius 1 is 0.722 bits per heavy atom. The summed E-state index contributed by atoms with van der Waals surface area (Å²) in [6.07, 6.45) is 6.75. The van der Waals surface area contributed by atoms with Gasteiger partial charge in [0.05, 0.1) is 28.3 Å². The molecular weight excluding hydrogens is 547 g/mol. The number of pyridine rings is 4. The van der Waals surface area contributed by atoms with Crippen molar-refractivity contribution in [2.24, 2.45) is 0 Å². The topological polar surface area (TPSA) is 115 Å². The van der Waals surface area contributed by atoms with Crippen LogP contribution in [0.25, 0.3) is 22.8 Å². The van der Waals surface area contributed by atoms with Crippen LogP contribution in [0.15, 0.2) is 85.5 Å². The average Bonchev–Trinajstić information content (AvgIpc) is 3.22. The third-order valence-electron chi connectivity index (χ3n) is 4.95. The average molecular weight is 569 g/mol. The molecule has 5 rings (SSSR count). The molecule has 0 spiro atoms. The van der Waals surface area contributed by atoms with Crippen LogP contribution >= 0.6 is 0 Å². The molecule has 5 heterocycles. The molecule has 0 radical (unpaired) electrons. The molecule has 1 aliphatic rings. The minimum atomic E-state index is -0.787. The van der Waals surface area contributed by atoms with Crippen molar-refractivity contribution in [3.05, 3.63) is 96.6 Å². The Morgan fingerprint density at radius 3 is 1.78 bits per heavy atom. The molecule has 1 fully saturated rings. The van der Waals surface area contributed by atoms with Gasteiger partial charge in [-0.3, -0.25) is 29.5 Å². The fourth-order valence-corrected chi connectivity index (χ4v) is 3.20. The van der Waals surface area contributed by atoms with Gasteiger partial charge in [-0.2, -0.15) is 0 Å². The van der Waals surface area contributed by atoms with Crippen LogP contribution in [0.5, 0.6) is 0 Å². The zero-order valence-corrected chi connectivity index (χ0v) is 21.0. The maximum atomic E-state index is 12.1. The van der Waals surface area contributed by atoms with Crippen LogP contribution in [0.2, 0.25) is 0 Å². The van der Waals surface area contributed by atoms with Gasteiger partial charge in [0.15, 0.2) is 0 Å². The van der Waals surface area contributed by atoms with Gasteiger partial charge in [-0.15, -0.1) is 5.06 Å². The number of aryl methyl sites for hydroxylation is 1. The molecule has 10 heteroatoms. The summed E-state index contributed by atoms with van der Waals surface area (Å²) in [6, 6.07) is 18.2. The van der Waals surface area contributed by atoms with E-state index in [1.165, 1.54) is 18.3 Å². The quantitative estimate of drug-likeness (QED) is 0.270. The second-order valence-corrected chi connectivity index (χ2v) is 7.54. The fourth-order valence-electron chi connectivity index (χ4n) is 3.20. The summed E-state index contributed by atoms with van der Waals surface area (Å²) in [5.41, 5.74) is 4.15. The second kappa shape index (κ2) is 12.5. The van der Waals surface area contributed by atoms with Crippen LogP contribution in [-0.4, -0.2) is 42.8 Å². The van der Waals surface area contributed by atoms with Gasteiger partial charge >= 0.3 is 5.97 Å². The number of aromatic nitrogens is 4. The van der Waals surface area contributed by atoms with Crippen LogP contribution in [0, 0.1) is 6.92 Å². The van der Waals surface area contributed by atoms with Crippen LogP contribution < -0.4 is 0 Å². The molecule has 1 aliphatic heterocycles. The number of imide groups is 1. The molecule has 1 saturated heterocycles. The minimum absolute atomic E-state index is 0. The van der Waals surface area contributed by atoms with E-state index in [9.17, 15) is 14.4 Å². The molecule has 4 aromatic rings. The summed E-state index contributed by atoms with van der Waals surface area (Å²) in [7, 11) is 0. The molecular formula is C26H21N5O4Ru. The minimum Gasteiger partial charge on any atom is -0.325 e. The Balaban J connectivity index is 0.000000234. The number of hydrogen-bond donors (Lipinski definition) is 0. The Labute approximate surface area is 220 Å². The zero-order chi connectivity index (χ0) is 24.6. The van der Waals surface area contributed by atoms with E-state index in [0.717, 1.165) is 17.0 Å². The van der Waals surface area contributed by atoms with Gasteiger partial charge in [0.2, 0.25) is 0 Å². The number of carbonyl (C=O) groups excluding carboxylic acids is 3. The second-order valence-electron chi connectivity index (χ2n) is 7.54. The van der Waals surface area contributed by atoms with Crippen molar-refractivity contribution in [1.29, 1.82) is 0 Å². The molecule has 0 aliphatic carbocycles. The van der Waals surface area contributed by atoms with Gasteiger partial charge in [-0.05, 0) is 61.0 Å². The molecule has 0 unspecified atom stereocenters. The van der Waals surface area contributed by atoms with Crippen molar-refractivity contribution in [1.82, 2.24) is 25.0 Å². The molecule has 0 aromatic carbocycles. The summed E-state index contributed by atoms with van der Waals surface area (Å²) in [5, 5.41) is 0.521. The maximum absolute atomic E-state index is 12.1. The van der Waals surface area contributed by atoms with E-state index in [-0.39, 0.29) is 37.9 Å². The number of carbonyl (C=O) groups is 3. The molecule has 9 nitrogen and oxygen atoms in total. The molecule has 4 aromatic heterocycles. The predicted molar refractivity (Wildman–Crippen MR) is 126 cm³/mol. The van der Waals surface area contributed by atoms with Crippen molar-refractivity contribution in [2.75, 3.05) is 0 Å². The van der Waals surface area contributed by atoms with Crippen LogP contribution in [0.4, 0.5) is 0 Å². The summed E-state index contributed by atoms with van der Waals surface area (Å²) >= 11 is 0. The maximum Gasteiger partial charge on any atom is 0.364 e. The van der Waals surface area contributed by atoms with E-state index < -0.39 is 17.8 Å². The first kappa shape index (κ1) is 26.4. The number of hydrogen-bond acceptors (Lipinski definition) is 8. The van der Waals surface area contributed by atoms with Crippen molar-refractivity contribution in [3.63, 3.8) is 0 Å². The third kappa shape index (κ3) is 6.70. The third-order valence-corrected chi connectivity index (χ3v) is 4.95. The van der Waals surface area contributed by atoms with Gasteiger partial charge < -0.3 is 4.84 Å². The van der Waals surface area contributed by atoms with E-state index in [1.54, 1.807) is 18.6 Å². The normalized spacial score (nSPS) is 12.3. The molecule has 36 heavy (non-hydrogen) atoms. The summed E-state index contributed by atoms with van der Waals surface area (Å²) < 4.78 is 0. The van der Waals surface area contributed by atoms with Crippen LogP contribution in [0.1, 0.15) is 28.8 Å². The van der Waals surface area contributed by atoms with Crippen LogP contribution in [0.3, 0.4) is 0 Å². The molecule has 0 bridgehead atoms. The van der Waals surface area contributed by atoms with E-state index >= 15 is 0 Å². The Kier molecular flexibility index (Phi) is 9.19. The molecule has 0 N–H and O–H groups in total. The summed E-state index contributed by atoms with van der Waals surface area (Å²) in [5.74, 6) is -1.82. The Bertz CT molecular complexity index is 1300. The molecule has 0 saturated carbocycles. The monoisotopic (exact) mass is 569 g/mol. The molecule has 0 atom stereocenters. The van der Waals surface area contributed by atoms with Gasteiger partial charge in [0.25, 0.3) is 11.8 Å². The number of hydroxylamine groups is 2. The van der Waals surface area contributed by atoms with Gasteiger partial charge in [-0.25, -0.2) is 4.79 Å². The van der Waals surface area contributed by atoms with Gasteiger partial charge in [0.1, 0.15) is 0 Å². The molecule has 2 amide bonds. The summed E-state index contributed by atoms with van der Waals surface area (Å²) in [6.45, 7) is 1.92. The van der Waals surface area contributed by atoms with Crippen molar-refractivity contribution in [3.8, 4) is 22.8 Å². The van der Waals surface area contributed by atoms with E-state index in [2.05, 4.69) is 19.9 Å². The van der Waals surface area contributed by atoms with Crippen LogP contribution in [-0.2, 0) is 33.9 Å². The zero-order valence-electron chi connectivity index (χ0n) is 19.2. The van der Waals surface area contributed by atoms with E-state index in [1.807, 2.05) is 55.5 Å².